The summed E-state index contributed by atoms with van der Waals surface area (Å²) in [5.74, 6) is -0.157. The Hall–Kier alpha value is -3.35. The van der Waals surface area contributed by atoms with Gasteiger partial charge in [-0.2, -0.15) is 0 Å². The molecule has 6 nitrogen and oxygen atoms in total. The van der Waals surface area contributed by atoms with Gasteiger partial charge in [-0.1, -0.05) is 17.3 Å². The molecule has 27 heavy (non-hydrogen) atoms. The summed E-state index contributed by atoms with van der Waals surface area (Å²) in [6.45, 7) is 1.82. The largest absolute Gasteiger partial charge is 0.411 e. The van der Waals surface area contributed by atoms with Gasteiger partial charge >= 0.3 is 0 Å². The van der Waals surface area contributed by atoms with E-state index in [9.17, 15) is 9.60 Å². The van der Waals surface area contributed by atoms with E-state index in [2.05, 4.69) is 20.1 Å². The van der Waals surface area contributed by atoms with Crippen LogP contribution in [0.5, 0.6) is 0 Å². The zero-order chi connectivity index (χ0) is 19.0. The van der Waals surface area contributed by atoms with Crippen molar-refractivity contribution in [3.8, 4) is 11.1 Å². The van der Waals surface area contributed by atoms with Crippen LogP contribution in [0.15, 0.2) is 47.9 Å². The van der Waals surface area contributed by atoms with Crippen LogP contribution in [0.3, 0.4) is 0 Å². The number of pyridine rings is 1. The van der Waals surface area contributed by atoms with Crippen molar-refractivity contribution in [2.45, 2.75) is 25.7 Å². The van der Waals surface area contributed by atoms with Crippen molar-refractivity contribution in [2.75, 3.05) is 5.73 Å². The Kier molecular flexibility index (Phi) is 4.27. The number of hydrogen-bond donors (Lipinski definition) is 2. The lowest BCUT2D eigenvalue weighted by Crippen LogP contribution is -2.24. The summed E-state index contributed by atoms with van der Waals surface area (Å²) >= 11 is 0. The Morgan fingerprint density at radius 3 is 2.81 bits per heavy atom. The van der Waals surface area contributed by atoms with Gasteiger partial charge in [-0.05, 0) is 48.6 Å². The molecule has 0 spiro atoms. The molecular formula is C20H18FN5O. The maximum absolute atomic E-state index is 14.0. The zero-order valence-electron chi connectivity index (χ0n) is 14.7. The average Bonchev–Trinajstić information content (AvgIpc) is 2.67. The molecule has 7 heteroatoms. The van der Waals surface area contributed by atoms with Crippen molar-refractivity contribution >= 4 is 11.7 Å². The van der Waals surface area contributed by atoms with Crippen molar-refractivity contribution in [3.63, 3.8) is 0 Å². The molecule has 0 fully saturated rings. The molecule has 1 aromatic carbocycles. The quantitative estimate of drug-likeness (QED) is 0.537. The number of rotatable bonds is 2. The van der Waals surface area contributed by atoms with Crippen LogP contribution in [0.2, 0.25) is 0 Å². The van der Waals surface area contributed by atoms with Crippen molar-refractivity contribution in [1.29, 1.82) is 0 Å². The fraction of sp³-hybridized carbons (Fsp3) is 0.200. The molecule has 0 saturated heterocycles. The molecule has 0 radical (unpaired) electrons. The summed E-state index contributed by atoms with van der Waals surface area (Å²) in [5, 5.41) is 13.0. The third-order valence-electron chi connectivity index (χ3n) is 4.90. The van der Waals surface area contributed by atoms with Crippen molar-refractivity contribution < 1.29 is 9.60 Å². The first-order chi connectivity index (χ1) is 13.1. The second-order valence-corrected chi connectivity index (χ2v) is 6.61. The van der Waals surface area contributed by atoms with E-state index in [4.69, 9.17) is 5.73 Å². The normalized spacial score (nSPS) is 17.7. The molecular weight excluding hydrogens is 345 g/mol. The molecule has 1 unspecified atom stereocenters. The number of anilines is 1. The molecule has 2 heterocycles. The smallest absolute Gasteiger partial charge is 0.220 e. The van der Waals surface area contributed by atoms with Crippen molar-refractivity contribution in [1.82, 2.24) is 15.0 Å². The lowest BCUT2D eigenvalue weighted by Gasteiger charge is -2.27. The molecule has 4 rings (SSSR count). The van der Waals surface area contributed by atoms with E-state index in [1.54, 1.807) is 18.5 Å². The number of aromatic nitrogens is 3. The Balaban J connectivity index is 1.84. The van der Waals surface area contributed by atoms with Gasteiger partial charge < -0.3 is 10.9 Å². The molecule has 3 N–H and O–H groups in total. The fourth-order valence-corrected chi connectivity index (χ4v) is 3.79. The van der Waals surface area contributed by atoms with Crippen molar-refractivity contribution in [3.05, 3.63) is 71.1 Å². The summed E-state index contributed by atoms with van der Waals surface area (Å²) in [7, 11) is 0. The number of nitrogens with two attached hydrogens (primary N) is 1. The van der Waals surface area contributed by atoms with Crippen LogP contribution >= 0.6 is 0 Å². The average molecular weight is 363 g/mol. The minimum Gasteiger partial charge on any atom is -0.411 e. The zero-order valence-corrected chi connectivity index (χ0v) is 14.7. The lowest BCUT2D eigenvalue weighted by molar-refractivity contribution is 0.316. The maximum atomic E-state index is 14.0. The van der Waals surface area contributed by atoms with Gasteiger partial charge in [0.1, 0.15) is 5.82 Å². The van der Waals surface area contributed by atoms with Gasteiger partial charge in [-0.25, -0.2) is 14.4 Å². The summed E-state index contributed by atoms with van der Waals surface area (Å²) in [4.78, 5) is 12.7. The number of aryl methyl sites for hydroxylation is 1. The number of halogens is 1. The predicted octanol–water partition coefficient (Wildman–Crippen LogP) is 3.48. The number of fused-ring (bicyclic) bond motifs is 1. The molecule has 1 atom stereocenters. The summed E-state index contributed by atoms with van der Waals surface area (Å²) in [6.07, 6.45) is 4.48. The van der Waals surface area contributed by atoms with Crippen LogP contribution in [0, 0.1) is 12.7 Å². The highest BCUT2D eigenvalue weighted by Crippen LogP contribution is 2.38. The highest BCUT2D eigenvalue weighted by atomic mass is 19.1. The van der Waals surface area contributed by atoms with Crippen molar-refractivity contribution in [2.24, 2.45) is 5.16 Å². The van der Waals surface area contributed by atoms with Gasteiger partial charge in [0.05, 0.1) is 17.1 Å². The molecule has 1 aliphatic carbocycles. The predicted molar refractivity (Wildman–Crippen MR) is 100 cm³/mol. The highest BCUT2D eigenvalue weighted by Gasteiger charge is 2.30. The Morgan fingerprint density at radius 2 is 2.07 bits per heavy atom. The number of nitrogens with zero attached hydrogens (tertiary/aromatic N) is 4. The topological polar surface area (TPSA) is 97.3 Å². The van der Waals surface area contributed by atoms with Crippen LogP contribution in [0.1, 0.15) is 34.9 Å². The van der Waals surface area contributed by atoms with Crippen LogP contribution in [-0.2, 0) is 6.42 Å². The lowest BCUT2D eigenvalue weighted by atomic mass is 9.78. The van der Waals surface area contributed by atoms with Crippen LogP contribution in [-0.4, -0.2) is 25.9 Å². The third-order valence-corrected chi connectivity index (χ3v) is 4.90. The van der Waals surface area contributed by atoms with Gasteiger partial charge in [-0.3, -0.25) is 4.98 Å². The molecule has 2 aromatic heterocycles. The summed E-state index contributed by atoms with van der Waals surface area (Å²) < 4.78 is 14.0. The Bertz CT molecular complexity index is 1040. The molecule has 0 bridgehead atoms. The van der Waals surface area contributed by atoms with Crippen LogP contribution < -0.4 is 5.73 Å². The Morgan fingerprint density at radius 1 is 1.22 bits per heavy atom. The van der Waals surface area contributed by atoms with Gasteiger partial charge in [0.15, 0.2) is 0 Å². The first-order valence-electron chi connectivity index (χ1n) is 8.61. The van der Waals surface area contributed by atoms with Gasteiger partial charge in [0.2, 0.25) is 5.95 Å². The monoisotopic (exact) mass is 363 g/mol. The second kappa shape index (κ2) is 6.75. The van der Waals surface area contributed by atoms with E-state index in [0.717, 1.165) is 27.9 Å². The molecule has 0 amide bonds. The first kappa shape index (κ1) is 17.1. The van der Waals surface area contributed by atoms with E-state index in [-0.39, 0.29) is 17.7 Å². The van der Waals surface area contributed by atoms with E-state index < -0.39 is 0 Å². The highest BCUT2D eigenvalue weighted by molar-refractivity contribution is 6.03. The second-order valence-electron chi connectivity index (χ2n) is 6.61. The van der Waals surface area contributed by atoms with E-state index >= 15 is 0 Å². The number of hydrogen-bond acceptors (Lipinski definition) is 6. The summed E-state index contributed by atoms with van der Waals surface area (Å²) in [6, 6.07) is 8.45. The number of benzene rings is 1. The number of oxime groups is 1. The molecule has 3 aromatic rings. The minimum absolute atomic E-state index is 0.0343. The minimum atomic E-state index is -0.313. The maximum Gasteiger partial charge on any atom is 0.220 e. The van der Waals surface area contributed by atoms with Crippen LogP contribution in [0.4, 0.5) is 10.3 Å². The standard InChI is InChI=1S/C20H18FN5O/c1-11-19-17(25-20(22)24-11)7-13(8-18(19)26-27)15-5-4-14(21)9-16(15)12-3-2-6-23-10-12/h2-6,9-10,13,27H,7-8H2,1H3,(H2,22,24,25)/b26-18-. The first-order valence-corrected chi connectivity index (χ1v) is 8.61. The Labute approximate surface area is 155 Å². The van der Waals surface area contributed by atoms with E-state index in [1.807, 2.05) is 19.1 Å². The molecule has 136 valence electrons. The van der Waals surface area contributed by atoms with Gasteiger partial charge in [-0.15, -0.1) is 0 Å². The molecule has 0 saturated carbocycles. The third kappa shape index (κ3) is 3.12. The fourth-order valence-electron chi connectivity index (χ4n) is 3.79. The van der Waals surface area contributed by atoms with Gasteiger partial charge in [0.25, 0.3) is 0 Å². The SMILES string of the molecule is Cc1nc(N)nc2c1/C(=N\O)CC(c1ccc(F)cc1-c1cccnc1)C2. The van der Waals surface area contributed by atoms with E-state index in [1.165, 1.54) is 12.1 Å². The van der Waals surface area contributed by atoms with E-state index in [0.29, 0.717) is 24.2 Å². The number of nitrogen functional groups attached to an aromatic ring is 1. The summed E-state index contributed by atoms with van der Waals surface area (Å²) in [5.41, 5.74) is 11.1. The molecule has 1 aliphatic rings. The molecule has 0 aliphatic heterocycles. The van der Waals surface area contributed by atoms with Crippen LogP contribution in [0.25, 0.3) is 11.1 Å². The van der Waals surface area contributed by atoms with Gasteiger partial charge in [0, 0.05) is 29.9 Å².